The smallest absolute Gasteiger partial charge is 0.296 e. The summed E-state index contributed by atoms with van der Waals surface area (Å²) >= 11 is 0. The molecule has 0 aliphatic rings. The maximum absolute atomic E-state index is 11.9. The summed E-state index contributed by atoms with van der Waals surface area (Å²) < 4.78 is 0. The van der Waals surface area contributed by atoms with Crippen LogP contribution in [0, 0.1) is 6.92 Å². The summed E-state index contributed by atoms with van der Waals surface area (Å²) in [5.74, 6) is 0.985. The predicted molar refractivity (Wildman–Crippen MR) is 66.4 cm³/mol. The summed E-state index contributed by atoms with van der Waals surface area (Å²) in [5.41, 5.74) is 0.685. The summed E-state index contributed by atoms with van der Waals surface area (Å²) in [7, 11) is 0. The molecule has 1 amide bonds. The number of carbonyl (C=O) groups is 1. The van der Waals surface area contributed by atoms with Crippen LogP contribution in [0.1, 0.15) is 42.8 Å². The summed E-state index contributed by atoms with van der Waals surface area (Å²) in [6.45, 7) is 7.83. The molecule has 0 saturated carbocycles. The molecule has 0 fully saturated rings. The van der Waals surface area contributed by atoms with Gasteiger partial charge in [0.05, 0.1) is 6.20 Å². The van der Waals surface area contributed by atoms with E-state index in [-0.39, 0.29) is 17.1 Å². The van der Waals surface area contributed by atoms with Gasteiger partial charge < -0.3 is 5.32 Å². The van der Waals surface area contributed by atoms with Gasteiger partial charge in [0, 0.05) is 11.0 Å². The molecule has 2 rings (SSSR count). The third kappa shape index (κ3) is 2.39. The fraction of sp³-hybridized carbons (Fsp3) is 0.455. The first kappa shape index (κ1) is 12.3. The van der Waals surface area contributed by atoms with E-state index < -0.39 is 0 Å². The van der Waals surface area contributed by atoms with E-state index in [0.717, 1.165) is 5.56 Å². The second-order valence-corrected chi connectivity index (χ2v) is 5.14. The third-order valence-corrected chi connectivity index (χ3v) is 2.47. The Kier molecular flexibility index (Phi) is 2.90. The van der Waals surface area contributed by atoms with Crippen LogP contribution < -0.4 is 5.32 Å². The van der Waals surface area contributed by atoms with Crippen LogP contribution in [0.4, 0.5) is 5.82 Å². The number of anilines is 1. The Morgan fingerprint density at radius 1 is 1.33 bits per heavy atom. The Bertz CT molecular complexity index is 562. The molecule has 0 aliphatic heterocycles. The molecule has 0 spiro atoms. The van der Waals surface area contributed by atoms with Crippen molar-refractivity contribution >= 4 is 11.7 Å². The first-order valence-electron chi connectivity index (χ1n) is 5.62. The minimum absolute atomic E-state index is 0.119. The molecule has 0 radical (unpaired) electrons. The van der Waals surface area contributed by atoms with E-state index in [1.165, 1.54) is 0 Å². The van der Waals surface area contributed by atoms with Crippen LogP contribution >= 0.6 is 0 Å². The van der Waals surface area contributed by atoms with Crippen molar-refractivity contribution in [3.63, 3.8) is 0 Å². The number of nitrogens with one attached hydrogen (secondary N) is 3. The normalized spacial score (nSPS) is 11.6. The molecule has 7 nitrogen and oxygen atoms in total. The molecule has 0 atom stereocenters. The van der Waals surface area contributed by atoms with E-state index in [1.54, 1.807) is 6.20 Å². The van der Waals surface area contributed by atoms with Crippen LogP contribution in [-0.2, 0) is 5.41 Å². The van der Waals surface area contributed by atoms with Gasteiger partial charge in [-0.15, -0.1) is 5.10 Å². The van der Waals surface area contributed by atoms with Gasteiger partial charge in [0.1, 0.15) is 11.6 Å². The molecule has 0 aromatic carbocycles. The predicted octanol–water partition coefficient (Wildman–Crippen LogP) is 1.39. The molecule has 2 heterocycles. The number of amides is 1. The van der Waals surface area contributed by atoms with Crippen LogP contribution in [0.15, 0.2) is 6.20 Å². The second-order valence-electron chi connectivity index (χ2n) is 5.14. The number of hydrogen-bond donors (Lipinski definition) is 3. The van der Waals surface area contributed by atoms with Crippen molar-refractivity contribution in [1.29, 1.82) is 0 Å². The lowest BCUT2D eigenvalue weighted by atomic mass is 9.96. The Morgan fingerprint density at radius 2 is 2.06 bits per heavy atom. The lowest BCUT2D eigenvalue weighted by Crippen LogP contribution is -2.16. The maximum atomic E-state index is 11.9. The molecule has 3 N–H and O–H groups in total. The van der Waals surface area contributed by atoms with Crippen LogP contribution in [-0.4, -0.2) is 31.3 Å². The molecule has 2 aromatic rings. The zero-order valence-electron chi connectivity index (χ0n) is 10.8. The molecule has 0 bridgehead atoms. The quantitative estimate of drug-likeness (QED) is 0.747. The molecule has 7 heteroatoms. The van der Waals surface area contributed by atoms with Crippen LogP contribution in [0.2, 0.25) is 0 Å². The van der Waals surface area contributed by atoms with E-state index in [9.17, 15) is 4.79 Å². The minimum Gasteiger partial charge on any atom is -0.304 e. The molecule has 2 aromatic heterocycles. The van der Waals surface area contributed by atoms with Gasteiger partial charge in [-0.2, -0.15) is 5.10 Å². The summed E-state index contributed by atoms with van der Waals surface area (Å²) in [4.78, 5) is 16.1. The number of rotatable bonds is 2. The standard InChI is InChI=1S/C11H16N6O/c1-6-5-12-15-7(6)13-9(18)8-14-10(17-16-8)11(2,3)4/h5H,1-4H3,(H,14,16,17)(H2,12,13,15,18). The fourth-order valence-corrected chi connectivity index (χ4v) is 1.34. The van der Waals surface area contributed by atoms with Gasteiger partial charge in [-0.25, -0.2) is 4.98 Å². The van der Waals surface area contributed by atoms with Gasteiger partial charge in [-0.05, 0) is 6.92 Å². The Balaban J connectivity index is 2.15. The van der Waals surface area contributed by atoms with Gasteiger partial charge in [0.15, 0.2) is 0 Å². The highest BCUT2D eigenvalue weighted by molar-refractivity contribution is 6.01. The van der Waals surface area contributed by atoms with Gasteiger partial charge >= 0.3 is 0 Å². The number of aryl methyl sites for hydroxylation is 1. The van der Waals surface area contributed by atoms with Crippen LogP contribution in [0.25, 0.3) is 0 Å². The van der Waals surface area contributed by atoms with E-state index in [0.29, 0.717) is 11.6 Å². The lowest BCUT2D eigenvalue weighted by molar-refractivity contribution is 0.101. The number of aromatic nitrogens is 5. The molecular weight excluding hydrogens is 232 g/mol. The first-order valence-corrected chi connectivity index (χ1v) is 5.62. The average molecular weight is 248 g/mol. The van der Waals surface area contributed by atoms with E-state index >= 15 is 0 Å². The first-order chi connectivity index (χ1) is 8.38. The maximum Gasteiger partial charge on any atom is 0.296 e. The van der Waals surface area contributed by atoms with Crippen molar-refractivity contribution in [2.24, 2.45) is 0 Å². The molecule has 0 saturated heterocycles. The van der Waals surface area contributed by atoms with Crippen molar-refractivity contribution in [1.82, 2.24) is 25.4 Å². The third-order valence-electron chi connectivity index (χ3n) is 2.47. The minimum atomic E-state index is -0.367. The van der Waals surface area contributed by atoms with Gasteiger partial charge in [0.25, 0.3) is 5.91 Å². The lowest BCUT2D eigenvalue weighted by Gasteiger charge is -2.12. The molecule has 0 aliphatic carbocycles. The highest BCUT2D eigenvalue weighted by Gasteiger charge is 2.21. The van der Waals surface area contributed by atoms with Crippen molar-refractivity contribution < 1.29 is 4.79 Å². The summed E-state index contributed by atoms with van der Waals surface area (Å²) in [6, 6.07) is 0. The fourth-order valence-electron chi connectivity index (χ4n) is 1.34. The SMILES string of the molecule is Cc1cn[nH]c1NC(=O)c1n[nH]c(C(C)(C)C)n1. The number of nitrogens with zero attached hydrogens (tertiary/aromatic N) is 3. The summed E-state index contributed by atoms with van der Waals surface area (Å²) in [6.07, 6.45) is 1.63. The molecule has 96 valence electrons. The molecule has 0 unspecified atom stereocenters. The van der Waals surface area contributed by atoms with E-state index in [4.69, 9.17) is 0 Å². The number of H-pyrrole nitrogens is 2. The van der Waals surface area contributed by atoms with Crippen molar-refractivity contribution in [2.45, 2.75) is 33.1 Å². The van der Waals surface area contributed by atoms with Crippen molar-refractivity contribution in [3.8, 4) is 0 Å². The van der Waals surface area contributed by atoms with E-state index in [2.05, 4.69) is 30.7 Å². The zero-order chi connectivity index (χ0) is 13.3. The highest BCUT2D eigenvalue weighted by Crippen LogP contribution is 2.17. The van der Waals surface area contributed by atoms with Gasteiger partial charge in [-0.1, -0.05) is 20.8 Å². The van der Waals surface area contributed by atoms with E-state index in [1.807, 2.05) is 27.7 Å². The van der Waals surface area contributed by atoms with Crippen molar-refractivity contribution in [2.75, 3.05) is 5.32 Å². The molecular formula is C11H16N6O. The topological polar surface area (TPSA) is 99.4 Å². The Morgan fingerprint density at radius 3 is 2.56 bits per heavy atom. The molecule has 18 heavy (non-hydrogen) atoms. The number of hydrogen-bond acceptors (Lipinski definition) is 4. The van der Waals surface area contributed by atoms with Gasteiger partial charge in [-0.3, -0.25) is 15.0 Å². The van der Waals surface area contributed by atoms with Crippen LogP contribution in [0.3, 0.4) is 0 Å². The Labute approximate surface area is 104 Å². The van der Waals surface area contributed by atoms with Gasteiger partial charge in [0.2, 0.25) is 5.82 Å². The number of carbonyl (C=O) groups excluding carboxylic acids is 1. The zero-order valence-corrected chi connectivity index (χ0v) is 10.8. The second kappa shape index (κ2) is 4.25. The highest BCUT2D eigenvalue weighted by atomic mass is 16.2. The number of aromatic amines is 2. The summed E-state index contributed by atoms with van der Waals surface area (Å²) in [5, 5.41) is 15.9. The average Bonchev–Trinajstić information content (AvgIpc) is 2.87. The van der Waals surface area contributed by atoms with Crippen molar-refractivity contribution in [3.05, 3.63) is 23.4 Å². The largest absolute Gasteiger partial charge is 0.304 e. The Hall–Kier alpha value is -2.18. The van der Waals surface area contributed by atoms with Crippen LogP contribution in [0.5, 0.6) is 0 Å². The monoisotopic (exact) mass is 248 g/mol.